The predicted octanol–water partition coefficient (Wildman–Crippen LogP) is -0.00420. The Morgan fingerprint density at radius 1 is 1.92 bits per heavy atom. The minimum Gasteiger partial charge on any atom is -0.391 e. The van der Waals surface area contributed by atoms with Crippen molar-refractivity contribution in [3.05, 3.63) is 0 Å². The van der Waals surface area contributed by atoms with E-state index >= 15 is 0 Å². The summed E-state index contributed by atoms with van der Waals surface area (Å²) in [5, 5.41) is 15.3. The number of nitrogens with zero attached hydrogens (tertiary/aromatic N) is 1. The Hall–Kier alpha value is -1.10. The molecule has 0 aromatic heterocycles. The Labute approximate surface area is 76.8 Å². The molecule has 2 unspecified atom stereocenters. The molecule has 0 aromatic rings. The van der Waals surface area contributed by atoms with Gasteiger partial charge >= 0.3 is 0 Å². The van der Waals surface area contributed by atoms with E-state index in [-0.39, 0.29) is 6.10 Å². The van der Waals surface area contributed by atoms with Crippen molar-refractivity contribution in [1.29, 1.82) is 0 Å². The predicted molar refractivity (Wildman–Crippen MR) is 47.0 cm³/mol. The molecular formula is C8H14N2O3. The van der Waals surface area contributed by atoms with Crippen molar-refractivity contribution >= 4 is 11.7 Å². The average molecular weight is 186 g/mol. The zero-order valence-corrected chi connectivity index (χ0v) is 7.78. The molecule has 0 saturated carbocycles. The van der Waals surface area contributed by atoms with E-state index in [2.05, 4.69) is 10.5 Å². The first-order valence-corrected chi connectivity index (χ1v) is 4.35. The Kier molecular flexibility index (Phi) is 3.25. The van der Waals surface area contributed by atoms with E-state index in [4.69, 9.17) is 9.94 Å². The third-order valence-electron chi connectivity index (χ3n) is 1.78. The highest BCUT2D eigenvalue weighted by atomic mass is 16.6. The second kappa shape index (κ2) is 4.23. The minimum absolute atomic E-state index is 0.00840. The second-order valence-electron chi connectivity index (χ2n) is 3.07. The first-order chi connectivity index (χ1) is 6.13. The molecule has 5 nitrogen and oxygen atoms in total. The van der Waals surface area contributed by atoms with Gasteiger partial charge in [0, 0.05) is 6.42 Å². The summed E-state index contributed by atoms with van der Waals surface area (Å²) >= 11 is 0. The fraction of sp³-hybridized carbons (Fsp3) is 0.750. The van der Waals surface area contributed by atoms with Crippen LogP contribution in [-0.4, -0.2) is 29.1 Å². The third kappa shape index (κ3) is 2.69. The molecule has 2 N–H and O–H groups in total. The summed E-state index contributed by atoms with van der Waals surface area (Å²) in [5.41, 5.74) is 0. The first kappa shape index (κ1) is 9.98. The van der Waals surface area contributed by atoms with Crippen molar-refractivity contribution < 1.29 is 14.7 Å². The van der Waals surface area contributed by atoms with Crippen molar-refractivity contribution in [2.75, 3.05) is 0 Å². The molecule has 0 bridgehead atoms. The Bertz CT molecular complexity index is 227. The minimum atomic E-state index is -0.960. The van der Waals surface area contributed by atoms with Crippen LogP contribution in [0.3, 0.4) is 0 Å². The van der Waals surface area contributed by atoms with E-state index in [9.17, 15) is 4.79 Å². The van der Waals surface area contributed by atoms with Crippen LogP contribution in [0.1, 0.15) is 26.7 Å². The van der Waals surface area contributed by atoms with Gasteiger partial charge in [-0.3, -0.25) is 4.79 Å². The monoisotopic (exact) mass is 186 g/mol. The molecule has 74 valence electrons. The van der Waals surface area contributed by atoms with Crippen LogP contribution >= 0.6 is 0 Å². The molecule has 1 rings (SSSR count). The molecule has 13 heavy (non-hydrogen) atoms. The first-order valence-electron chi connectivity index (χ1n) is 4.35. The van der Waals surface area contributed by atoms with Gasteiger partial charge in [-0.2, -0.15) is 0 Å². The number of rotatable bonds is 2. The number of carbonyl (C=O) groups is 1. The molecule has 0 spiro atoms. The topological polar surface area (TPSA) is 70.9 Å². The van der Waals surface area contributed by atoms with Crippen LogP contribution in [0.4, 0.5) is 0 Å². The smallest absolute Gasteiger partial charge is 0.254 e. The molecule has 0 saturated heterocycles. The normalized spacial score (nSPS) is 23.3. The molecular weight excluding hydrogens is 172 g/mol. The summed E-state index contributed by atoms with van der Waals surface area (Å²) in [4.78, 5) is 16.0. The fourth-order valence-electron chi connectivity index (χ4n) is 0.985. The fourth-order valence-corrected chi connectivity index (χ4v) is 0.985. The number of nitrogens with one attached hydrogen (secondary N) is 1. The van der Waals surface area contributed by atoms with Crippen molar-refractivity contribution in [2.45, 2.75) is 38.9 Å². The van der Waals surface area contributed by atoms with E-state index in [1.165, 1.54) is 0 Å². The number of hydrogen-bond donors (Lipinski definition) is 2. The highest BCUT2D eigenvalue weighted by Gasteiger charge is 2.20. The van der Waals surface area contributed by atoms with E-state index < -0.39 is 12.0 Å². The molecule has 1 aliphatic heterocycles. The Morgan fingerprint density at radius 2 is 2.62 bits per heavy atom. The molecule has 0 fully saturated rings. The van der Waals surface area contributed by atoms with Crippen LogP contribution in [0, 0.1) is 0 Å². The largest absolute Gasteiger partial charge is 0.391 e. The quantitative estimate of drug-likeness (QED) is 0.637. The van der Waals surface area contributed by atoms with Gasteiger partial charge in [0.2, 0.25) is 0 Å². The molecule has 2 atom stereocenters. The van der Waals surface area contributed by atoms with E-state index in [1.807, 2.05) is 6.92 Å². The van der Waals surface area contributed by atoms with E-state index in [0.717, 1.165) is 0 Å². The standard InChI is InChI=1S/C8H14N2O3/c1-3-6(11)8(12)9-7-4-5(2)13-10-7/h5-6,11H,3-4H2,1-2H3,(H,9,10,12). The SMILES string of the molecule is CCC(O)C(=O)NC1=NOC(C)C1. The lowest BCUT2D eigenvalue weighted by Gasteiger charge is -2.07. The summed E-state index contributed by atoms with van der Waals surface area (Å²) < 4.78 is 0. The number of carbonyl (C=O) groups excluding carboxylic acids is 1. The number of aliphatic hydroxyl groups is 1. The van der Waals surface area contributed by atoms with Gasteiger partial charge < -0.3 is 15.3 Å². The average Bonchev–Trinajstić information content (AvgIpc) is 2.49. The molecule has 0 aromatic carbocycles. The summed E-state index contributed by atoms with van der Waals surface area (Å²) in [5.74, 6) is 0.0731. The van der Waals surface area contributed by atoms with Gasteiger partial charge in [0.05, 0.1) is 0 Å². The van der Waals surface area contributed by atoms with Gasteiger partial charge in [-0.05, 0) is 13.3 Å². The van der Waals surface area contributed by atoms with Gasteiger partial charge in [-0.15, -0.1) is 0 Å². The number of hydrogen-bond acceptors (Lipinski definition) is 4. The maximum Gasteiger partial charge on any atom is 0.254 e. The van der Waals surface area contributed by atoms with Crippen molar-refractivity contribution in [1.82, 2.24) is 5.32 Å². The highest BCUT2D eigenvalue weighted by Crippen LogP contribution is 2.07. The zero-order valence-electron chi connectivity index (χ0n) is 7.78. The van der Waals surface area contributed by atoms with Crippen molar-refractivity contribution in [2.24, 2.45) is 5.16 Å². The van der Waals surface area contributed by atoms with Gasteiger partial charge in [0.25, 0.3) is 5.91 Å². The third-order valence-corrected chi connectivity index (χ3v) is 1.78. The van der Waals surface area contributed by atoms with E-state index in [0.29, 0.717) is 18.7 Å². The lowest BCUT2D eigenvalue weighted by molar-refractivity contribution is -0.127. The summed E-state index contributed by atoms with van der Waals surface area (Å²) in [6.45, 7) is 3.60. The molecule has 0 aliphatic carbocycles. The maximum absolute atomic E-state index is 11.1. The molecule has 5 heteroatoms. The van der Waals surface area contributed by atoms with Crippen LogP contribution < -0.4 is 5.32 Å². The zero-order chi connectivity index (χ0) is 9.84. The molecule has 1 amide bonds. The van der Waals surface area contributed by atoms with Crippen molar-refractivity contribution in [3.8, 4) is 0 Å². The van der Waals surface area contributed by atoms with Crippen molar-refractivity contribution in [3.63, 3.8) is 0 Å². The van der Waals surface area contributed by atoms with Gasteiger partial charge in [0.15, 0.2) is 5.84 Å². The molecule has 1 heterocycles. The Balaban J connectivity index is 2.37. The molecule has 1 aliphatic rings. The maximum atomic E-state index is 11.1. The number of amides is 1. The lowest BCUT2D eigenvalue weighted by atomic mass is 10.2. The number of oxime groups is 1. The van der Waals surface area contributed by atoms with Crippen LogP contribution in [-0.2, 0) is 9.63 Å². The van der Waals surface area contributed by atoms with Crippen LogP contribution in [0.15, 0.2) is 5.16 Å². The van der Waals surface area contributed by atoms with Gasteiger partial charge in [0.1, 0.15) is 12.2 Å². The van der Waals surface area contributed by atoms with E-state index in [1.54, 1.807) is 6.92 Å². The number of aliphatic hydroxyl groups excluding tert-OH is 1. The lowest BCUT2D eigenvalue weighted by Crippen LogP contribution is -2.38. The van der Waals surface area contributed by atoms with Gasteiger partial charge in [-0.1, -0.05) is 12.1 Å². The number of amidine groups is 1. The summed E-state index contributed by atoms with van der Waals surface area (Å²) in [6, 6.07) is 0. The molecule has 0 radical (unpaired) electrons. The van der Waals surface area contributed by atoms with Crippen LogP contribution in [0.25, 0.3) is 0 Å². The second-order valence-corrected chi connectivity index (χ2v) is 3.07. The summed E-state index contributed by atoms with van der Waals surface area (Å²) in [6.07, 6.45) is 0.0326. The summed E-state index contributed by atoms with van der Waals surface area (Å²) in [7, 11) is 0. The van der Waals surface area contributed by atoms with Crippen LogP contribution in [0.5, 0.6) is 0 Å². The Morgan fingerprint density at radius 3 is 3.08 bits per heavy atom. The highest BCUT2D eigenvalue weighted by molar-refractivity contribution is 6.00. The van der Waals surface area contributed by atoms with Crippen LogP contribution in [0.2, 0.25) is 0 Å². The van der Waals surface area contributed by atoms with Gasteiger partial charge in [-0.25, -0.2) is 0 Å².